The number of aromatic nitrogens is 1. The first-order valence-electron chi connectivity index (χ1n) is 13.0. The molecule has 0 radical (unpaired) electrons. The second-order valence-electron chi connectivity index (χ2n) is 9.69. The van der Waals surface area contributed by atoms with E-state index in [1.807, 2.05) is 18.4 Å². The molecule has 15 heteroatoms. The number of hydrogen-bond donors (Lipinski definition) is 1. The average molecular weight is 678 g/mol. The van der Waals surface area contributed by atoms with Gasteiger partial charge in [0.15, 0.2) is 23.9 Å². The first kappa shape index (κ1) is 33.2. The molecule has 1 saturated carbocycles. The highest BCUT2D eigenvalue weighted by atomic mass is 35.5. The van der Waals surface area contributed by atoms with Crippen LogP contribution in [0.5, 0.6) is 11.5 Å². The van der Waals surface area contributed by atoms with Gasteiger partial charge in [0.2, 0.25) is 11.3 Å². The van der Waals surface area contributed by atoms with Gasteiger partial charge in [0.25, 0.3) is 0 Å². The van der Waals surface area contributed by atoms with Crippen molar-refractivity contribution in [2.45, 2.75) is 43.4 Å². The van der Waals surface area contributed by atoms with E-state index in [4.69, 9.17) is 32.7 Å². The van der Waals surface area contributed by atoms with Crippen LogP contribution in [-0.2, 0) is 33.8 Å². The number of ether oxygens (including phenoxy) is 3. The first-order chi connectivity index (χ1) is 20.5. The fourth-order valence-electron chi connectivity index (χ4n) is 4.10. The lowest BCUT2D eigenvalue weighted by atomic mass is 10.0. The molecule has 1 aromatic heterocycles. The van der Waals surface area contributed by atoms with Crippen molar-refractivity contribution in [1.29, 1.82) is 0 Å². The largest absolute Gasteiger partial charge is 0.619 e. The quantitative estimate of drug-likeness (QED) is 0.0665. The van der Waals surface area contributed by atoms with Crippen LogP contribution >= 0.6 is 35.0 Å². The summed E-state index contributed by atoms with van der Waals surface area (Å²) in [6, 6.07) is 11.4. The molecule has 0 amide bonds. The molecule has 3 aromatic rings. The number of carbonyl (C=O) groups excluding carboxylic acids is 1. The molecule has 2 atom stereocenters. The summed E-state index contributed by atoms with van der Waals surface area (Å²) >= 11 is 11.6. The third-order valence-corrected chi connectivity index (χ3v) is 8.59. The molecule has 0 saturated heterocycles. The van der Waals surface area contributed by atoms with Crippen molar-refractivity contribution < 1.29 is 41.3 Å². The molecule has 1 aliphatic carbocycles. The Morgan fingerprint density at radius 3 is 2.42 bits per heavy atom. The van der Waals surface area contributed by atoms with Crippen molar-refractivity contribution in [3.63, 3.8) is 0 Å². The van der Waals surface area contributed by atoms with Crippen molar-refractivity contribution in [2.75, 3.05) is 19.4 Å². The second-order valence-corrected chi connectivity index (χ2v) is 12.4. The summed E-state index contributed by atoms with van der Waals surface area (Å²) in [7, 11) is 0. The summed E-state index contributed by atoms with van der Waals surface area (Å²) in [5, 5.41) is 11.8. The van der Waals surface area contributed by atoms with E-state index in [2.05, 4.69) is 4.74 Å². The minimum atomic E-state index is -3.09. The Kier molecular flexibility index (Phi) is 11.9. The highest BCUT2D eigenvalue weighted by Gasteiger charge is 2.27. The van der Waals surface area contributed by atoms with Gasteiger partial charge in [0.05, 0.1) is 6.61 Å². The van der Waals surface area contributed by atoms with Crippen LogP contribution < -0.4 is 14.2 Å². The standard InChI is InChI=1S/C28H28Cl2F2N2O7S2/c1-42-20-7-4-17(5-8-20)12-34(43(37)38)15-27(35)40-25(11-21-22(29)13-33(36)14-23(21)30)19-6-9-24(41-28(31)32)26(10-19)39-16-18-2-3-18/h4-10,13-14,18,25,28H,2-3,11-12,15-16H2,1H3,(H,37,38). The van der Waals surface area contributed by atoms with E-state index < -0.39 is 36.5 Å². The maximum absolute atomic E-state index is 13.2. The van der Waals surface area contributed by atoms with Gasteiger partial charge in [0.1, 0.15) is 22.7 Å². The molecule has 9 nitrogen and oxygen atoms in total. The topological polar surface area (TPSA) is 112 Å². The van der Waals surface area contributed by atoms with Crippen molar-refractivity contribution >= 4 is 52.2 Å². The highest BCUT2D eigenvalue weighted by molar-refractivity contribution is 7.98. The maximum atomic E-state index is 13.2. The molecule has 1 heterocycles. The van der Waals surface area contributed by atoms with Crippen LogP contribution in [0.25, 0.3) is 0 Å². The number of benzene rings is 2. The van der Waals surface area contributed by atoms with E-state index >= 15 is 0 Å². The molecule has 2 unspecified atom stereocenters. The van der Waals surface area contributed by atoms with Crippen LogP contribution in [0.2, 0.25) is 10.0 Å². The number of alkyl halides is 2. The van der Waals surface area contributed by atoms with Gasteiger partial charge in [0, 0.05) is 23.4 Å². The molecule has 232 valence electrons. The van der Waals surface area contributed by atoms with Gasteiger partial charge in [-0.1, -0.05) is 41.4 Å². The summed E-state index contributed by atoms with van der Waals surface area (Å²) in [6.45, 7) is -3.37. The van der Waals surface area contributed by atoms with Crippen LogP contribution in [0, 0.1) is 11.1 Å². The molecule has 0 spiro atoms. The van der Waals surface area contributed by atoms with Crippen molar-refractivity contribution in [2.24, 2.45) is 5.92 Å². The Bertz CT molecular complexity index is 1430. The molecule has 1 aliphatic rings. The third-order valence-electron chi connectivity index (χ3n) is 6.49. The fraction of sp³-hybridized carbons (Fsp3) is 0.357. The van der Waals surface area contributed by atoms with E-state index in [-0.39, 0.29) is 40.1 Å². The van der Waals surface area contributed by atoms with Gasteiger partial charge < -0.3 is 19.4 Å². The SMILES string of the molecule is CSc1ccc(CN(CC(=O)OC(Cc2c(Cl)c[n+]([O-])cc2Cl)c2ccc(OC(F)F)c(OCC3CC3)c2)S(=O)O)cc1. The zero-order valence-corrected chi connectivity index (χ0v) is 25.9. The number of hydrogen-bond acceptors (Lipinski definition) is 7. The van der Waals surface area contributed by atoms with E-state index in [9.17, 15) is 27.5 Å². The summed E-state index contributed by atoms with van der Waals surface area (Å²) in [5.41, 5.74) is 1.32. The summed E-state index contributed by atoms with van der Waals surface area (Å²) in [6.07, 6.45) is 4.80. The van der Waals surface area contributed by atoms with Gasteiger partial charge in [-0.25, -0.2) is 4.21 Å². The van der Waals surface area contributed by atoms with Gasteiger partial charge in [-0.15, -0.1) is 11.8 Å². The zero-order valence-electron chi connectivity index (χ0n) is 22.8. The van der Waals surface area contributed by atoms with E-state index in [1.165, 1.54) is 18.2 Å². The number of rotatable bonds is 15. The van der Waals surface area contributed by atoms with Crippen molar-refractivity contribution in [3.8, 4) is 11.5 Å². The van der Waals surface area contributed by atoms with Crippen molar-refractivity contribution in [3.05, 3.63) is 86.8 Å². The number of nitrogens with zero attached hydrogens (tertiary/aromatic N) is 2. The summed E-state index contributed by atoms with van der Waals surface area (Å²) < 4.78 is 65.7. The van der Waals surface area contributed by atoms with E-state index in [1.54, 1.807) is 23.9 Å². The van der Waals surface area contributed by atoms with Crippen LogP contribution in [0.3, 0.4) is 0 Å². The maximum Gasteiger partial charge on any atom is 0.387 e. The van der Waals surface area contributed by atoms with E-state index in [0.29, 0.717) is 28.4 Å². The summed E-state index contributed by atoms with van der Waals surface area (Å²) in [4.78, 5) is 14.2. The Balaban J connectivity index is 1.60. The number of thioether (sulfide) groups is 1. The van der Waals surface area contributed by atoms with Crippen molar-refractivity contribution in [1.82, 2.24) is 4.31 Å². The Labute approximate surface area is 264 Å². The number of carbonyl (C=O) groups is 1. The van der Waals surface area contributed by atoms with Crippen LogP contribution in [-0.4, -0.2) is 45.1 Å². The number of esters is 1. The van der Waals surface area contributed by atoms with E-state index in [0.717, 1.165) is 34.4 Å². The normalized spacial score (nSPS) is 14.5. The monoisotopic (exact) mass is 676 g/mol. The minimum Gasteiger partial charge on any atom is -0.619 e. The lowest BCUT2D eigenvalue weighted by Gasteiger charge is -2.23. The minimum absolute atomic E-state index is 0.0122. The summed E-state index contributed by atoms with van der Waals surface area (Å²) in [5.74, 6) is -0.717. The molecule has 1 fully saturated rings. The number of pyridine rings is 1. The highest BCUT2D eigenvalue weighted by Crippen LogP contribution is 2.38. The van der Waals surface area contributed by atoms with Gasteiger partial charge in [-0.05, 0) is 60.4 Å². The fourth-order valence-corrected chi connectivity index (χ4v) is 5.58. The van der Waals surface area contributed by atoms with Crippen LogP contribution in [0.1, 0.15) is 35.6 Å². The Morgan fingerprint density at radius 2 is 1.84 bits per heavy atom. The second kappa shape index (κ2) is 15.4. The Morgan fingerprint density at radius 1 is 1.16 bits per heavy atom. The van der Waals surface area contributed by atoms with Gasteiger partial charge in [-0.3, -0.25) is 9.35 Å². The van der Waals surface area contributed by atoms with Crippen LogP contribution in [0.4, 0.5) is 8.78 Å². The Hall–Kier alpha value is -2.68. The molecule has 43 heavy (non-hydrogen) atoms. The lowest BCUT2D eigenvalue weighted by Crippen LogP contribution is -2.33. The molecule has 0 bridgehead atoms. The molecule has 4 rings (SSSR count). The molecule has 1 N–H and O–H groups in total. The zero-order chi connectivity index (χ0) is 31.1. The van der Waals surface area contributed by atoms with Gasteiger partial charge in [-0.2, -0.15) is 17.8 Å². The van der Waals surface area contributed by atoms with Crippen LogP contribution in [0.15, 0.2) is 59.8 Å². The predicted octanol–water partition coefficient (Wildman–Crippen LogP) is 6.20. The average Bonchev–Trinajstić information content (AvgIpc) is 3.78. The molecule has 0 aliphatic heterocycles. The third kappa shape index (κ3) is 9.91. The smallest absolute Gasteiger partial charge is 0.387 e. The lowest BCUT2D eigenvalue weighted by molar-refractivity contribution is -0.605. The van der Waals surface area contributed by atoms with Gasteiger partial charge >= 0.3 is 12.6 Å². The predicted molar refractivity (Wildman–Crippen MR) is 159 cm³/mol. The molecular weight excluding hydrogens is 649 g/mol. The molecule has 2 aromatic carbocycles. The molecular formula is C28H28Cl2F2N2O7S2. The first-order valence-corrected chi connectivity index (χ1v) is 16.0. The number of halogens is 4.